The van der Waals surface area contributed by atoms with Crippen LogP contribution in [0.4, 0.5) is 11.4 Å². The Morgan fingerprint density at radius 3 is 1.92 bits per heavy atom. The minimum Gasteiger partial charge on any atom is -0.492 e. The summed E-state index contributed by atoms with van der Waals surface area (Å²) < 4.78 is 60.8. The molecule has 0 aromatic heterocycles. The Bertz CT molecular complexity index is 1450. The number of aryl methyl sites for hydroxylation is 1. The van der Waals surface area contributed by atoms with Gasteiger partial charge in [0.05, 0.1) is 22.1 Å². The van der Waals surface area contributed by atoms with Crippen LogP contribution in [0.3, 0.4) is 0 Å². The summed E-state index contributed by atoms with van der Waals surface area (Å²) in [6.07, 6.45) is 0. The van der Waals surface area contributed by atoms with E-state index in [1.54, 1.807) is 57.2 Å². The van der Waals surface area contributed by atoms with Gasteiger partial charge in [0, 0.05) is 18.8 Å². The Kier molecular flexibility index (Phi) is 9.53. The van der Waals surface area contributed by atoms with E-state index in [0.29, 0.717) is 31.1 Å². The maximum absolute atomic E-state index is 13.7. The van der Waals surface area contributed by atoms with Crippen LogP contribution in [0.5, 0.6) is 5.75 Å². The first-order valence-electron chi connectivity index (χ1n) is 12.3. The summed E-state index contributed by atoms with van der Waals surface area (Å²) in [5.74, 6) is -0.282. The van der Waals surface area contributed by atoms with Crippen molar-refractivity contribution in [2.24, 2.45) is 0 Å². The van der Waals surface area contributed by atoms with Gasteiger partial charge in [0.2, 0.25) is 15.9 Å². The van der Waals surface area contributed by atoms with Gasteiger partial charge in [-0.25, -0.2) is 16.8 Å². The van der Waals surface area contributed by atoms with Crippen LogP contribution in [-0.4, -0.2) is 53.3 Å². The maximum Gasteiger partial charge on any atom is 0.264 e. The highest BCUT2D eigenvalue weighted by Gasteiger charge is 2.29. The minimum atomic E-state index is -4.13. The van der Waals surface area contributed by atoms with Gasteiger partial charge in [0.25, 0.3) is 10.0 Å². The van der Waals surface area contributed by atoms with Crippen LogP contribution in [0, 0.1) is 6.92 Å². The molecule has 11 heteroatoms. The summed E-state index contributed by atoms with van der Waals surface area (Å²) in [6.45, 7) is 7.62. The van der Waals surface area contributed by atoms with E-state index in [0.717, 1.165) is 9.87 Å². The lowest BCUT2D eigenvalue weighted by atomic mass is 10.2. The summed E-state index contributed by atoms with van der Waals surface area (Å²) >= 11 is 0. The highest BCUT2D eigenvalue weighted by molar-refractivity contribution is 7.93. The molecule has 0 aliphatic heterocycles. The van der Waals surface area contributed by atoms with Gasteiger partial charge in [-0.1, -0.05) is 43.7 Å². The number of rotatable bonds is 12. The third-order valence-electron chi connectivity index (χ3n) is 5.81. The second kappa shape index (κ2) is 12.4. The van der Waals surface area contributed by atoms with Gasteiger partial charge in [-0.3, -0.25) is 9.10 Å². The molecule has 9 nitrogen and oxygen atoms in total. The molecule has 1 N–H and O–H groups in total. The fraction of sp³-hybridized carbons (Fsp3) is 0.296. The highest BCUT2D eigenvalue weighted by atomic mass is 32.2. The quantitative estimate of drug-likeness (QED) is 0.355. The molecule has 0 atom stereocenters. The molecule has 3 aromatic carbocycles. The van der Waals surface area contributed by atoms with Crippen LogP contribution < -0.4 is 14.4 Å². The van der Waals surface area contributed by atoms with Crippen molar-refractivity contribution in [1.82, 2.24) is 4.31 Å². The first kappa shape index (κ1) is 29.2. The van der Waals surface area contributed by atoms with E-state index < -0.39 is 32.5 Å². The van der Waals surface area contributed by atoms with Gasteiger partial charge < -0.3 is 10.1 Å². The zero-order valence-corrected chi connectivity index (χ0v) is 23.6. The van der Waals surface area contributed by atoms with Crippen molar-refractivity contribution in [3.05, 3.63) is 78.4 Å². The Balaban J connectivity index is 1.91. The predicted molar refractivity (Wildman–Crippen MR) is 149 cm³/mol. The van der Waals surface area contributed by atoms with E-state index >= 15 is 0 Å². The molecule has 0 aliphatic carbocycles. The molecule has 0 heterocycles. The number of benzene rings is 3. The average molecular weight is 560 g/mol. The Labute approximate surface area is 225 Å². The molecule has 0 aliphatic rings. The van der Waals surface area contributed by atoms with Crippen molar-refractivity contribution in [2.75, 3.05) is 35.9 Å². The normalized spacial score (nSPS) is 11.8. The number of nitrogens with one attached hydrogen (secondary N) is 1. The van der Waals surface area contributed by atoms with E-state index in [2.05, 4.69) is 5.32 Å². The lowest BCUT2D eigenvalue weighted by Crippen LogP contribution is -2.38. The third-order valence-corrected chi connectivity index (χ3v) is 9.65. The zero-order chi connectivity index (χ0) is 27.9. The number of sulfonamides is 2. The Hall–Kier alpha value is -3.41. The molecule has 0 radical (unpaired) electrons. The number of anilines is 2. The molecular weight excluding hydrogens is 526 g/mol. The largest absolute Gasteiger partial charge is 0.492 e. The molecule has 0 fully saturated rings. The van der Waals surface area contributed by atoms with Crippen LogP contribution in [0.25, 0.3) is 0 Å². The molecule has 0 saturated heterocycles. The van der Waals surface area contributed by atoms with Crippen LogP contribution in [0.15, 0.2) is 82.6 Å². The first-order chi connectivity index (χ1) is 18.0. The minimum absolute atomic E-state index is 0.0353. The van der Waals surface area contributed by atoms with Gasteiger partial charge in [-0.05, 0) is 62.4 Å². The summed E-state index contributed by atoms with van der Waals surface area (Å²) in [5.41, 5.74) is 1.46. The monoisotopic (exact) mass is 559 g/mol. The predicted octanol–water partition coefficient (Wildman–Crippen LogP) is 4.26. The molecule has 3 aromatic rings. The van der Waals surface area contributed by atoms with E-state index in [-0.39, 0.29) is 15.5 Å². The number of para-hydroxylation sites is 2. The highest BCUT2D eigenvalue weighted by Crippen LogP contribution is 2.32. The third kappa shape index (κ3) is 6.53. The number of amides is 1. The standard InChI is InChI=1S/C27H33N3O6S2/c1-5-29(6-2)37(32,33)23-18-14-22(15-19-23)28-27(31)20-30(25-10-8-9-11-26(25)36-7-3)38(34,35)24-16-12-21(4)13-17-24/h8-19H,5-7,20H2,1-4H3,(H,28,31). The topological polar surface area (TPSA) is 113 Å². The van der Waals surface area contributed by atoms with E-state index in [1.165, 1.54) is 40.7 Å². The SMILES string of the molecule is CCOc1ccccc1N(CC(=O)Nc1ccc(S(=O)(=O)N(CC)CC)cc1)S(=O)(=O)c1ccc(C)cc1. The average Bonchev–Trinajstić information content (AvgIpc) is 2.89. The van der Waals surface area contributed by atoms with Crippen molar-refractivity contribution < 1.29 is 26.4 Å². The fourth-order valence-electron chi connectivity index (χ4n) is 3.83. The molecule has 0 bridgehead atoms. The molecule has 0 saturated carbocycles. The van der Waals surface area contributed by atoms with Crippen LogP contribution in [0.2, 0.25) is 0 Å². The molecule has 204 valence electrons. The molecule has 3 rings (SSSR count). The van der Waals surface area contributed by atoms with E-state index in [9.17, 15) is 21.6 Å². The summed E-state index contributed by atoms with van der Waals surface area (Å²) in [5, 5.41) is 2.67. The van der Waals surface area contributed by atoms with Gasteiger partial charge in [-0.15, -0.1) is 0 Å². The summed E-state index contributed by atoms with van der Waals surface area (Å²) in [6, 6.07) is 18.7. The number of nitrogens with zero attached hydrogens (tertiary/aromatic N) is 2. The Morgan fingerprint density at radius 1 is 0.789 bits per heavy atom. The van der Waals surface area contributed by atoms with Crippen molar-refractivity contribution in [3.63, 3.8) is 0 Å². The molecule has 38 heavy (non-hydrogen) atoms. The number of ether oxygens (including phenoxy) is 1. The molecule has 0 spiro atoms. The summed E-state index contributed by atoms with van der Waals surface area (Å²) in [7, 11) is -7.78. The van der Waals surface area contributed by atoms with Crippen molar-refractivity contribution >= 4 is 37.3 Å². The molecular formula is C27H33N3O6S2. The van der Waals surface area contributed by atoms with Gasteiger partial charge in [0.1, 0.15) is 12.3 Å². The van der Waals surface area contributed by atoms with Crippen molar-refractivity contribution in [2.45, 2.75) is 37.5 Å². The lowest BCUT2D eigenvalue weighted by Gasteiger charge is -2.26. The van der Waals surface area contributed by atoms with Crippen molar-refractivity contribution in [1.29, 1.82) is 0 Å². The number of carbonyl (C=O) groups excluding carboxylic acids is 1. The van der Waals surface area contributed by atoms with E-state index in [4.69, 9.17) is 4.74 Å². The van der Waals surface area contributed by atoms with Gasteiger partial charge in [0.15, 0.2) is 0 Å². The smallest absolute Gasteiger partial charge is 0.264 e. The zero-order valence-electron chi connectivity index (χ0n) is 21.9. The number of carbonyl (C=O) groups is 1. The number of hydrogen-bond acceptors (Lipinski definition) is 6. The first-order valence-corrected chi connectivity index (χ1v) is 15.1. The van der Waals surface area contributed by atoms with Crippen LogP contribution in [0.1, 0.15) is 26.3 Å². The maximum atomic E-state index is 13.7. The Morgan fingerprint density at radius 2 is 1.34 bits per heavy atom. The summed E-state index contributed by atoms with van der Waals surface area (Å²) in [4.78, 5) is 13.2. The molecule has 0 unspecified atom stereocenters. The van der Waals surface area contributed by atoms with Gasteiger partial charge >= 0.3 is 0 Å². The van der Waals surface area contributed by atoms with Gasteiger partial charge in [-0.2, -0.15) is 4.31 Å². The molecule has 1 amide bonds. The van der Waals surface area contributed by atoms with E-state index in [1.807, 2.05) is 6.92 Å². The fourth-order valence-corrected chi connectivity index (χ4v) is 6.72. The second-order valence-electron chi connectivity index (χ2n) is 8.39. The van der Waals surface area contributed by atoms with Crippen LogP contribution in [-0.2, 0) is 24.8 Å². The van der Waals surface area contributed by atoms with Crippen molar-refractivity contribution in [3.8, 4) is 5.75 Å². The lowest BCUT2D eigenvalue weighted by molar-refractivity contribution is -0.114. The second-order valence-corrected chi connectivity index (χ2v) is 12.2. The number of hydrogen-bond donors (Lipinski definition) is 1. The van der Waals surface area contributed by atoms with Crippen LogP contribution >= 0.6 is 0 Å².